The molecule has 1 aromatic rings. The van der Waals surface area contributed by atoms with E-state index in [-0.39, 0.29) is 0 Å². The molecule has 0 aromatic heterocycles. The zero-order valence-electron chi connectivity index (χ0n) is 8.25. The number of ether oxygens (including phenoxy) is 1. The molecule has 1 nitrogen and oxygen atoms in total. The molecule has 0 unspecified atom stereocenters. The Balaban J connectivity index is 2.40. The molecule has 0 saturated carbocycles. The van der Waals surface area contributed by atoms with Crippen LogP contribution in [-0.4, -0.2) is 6.61 Å². The molecule has 0 amide bonds. The molecule has 0 fully saturated rings. The molecule has 1 aromatic carbocycles. The summed E-state index contributed by atoms with van der Waals surface area (Å²) in [5.74, 6) is 0.964. The zero-order chi connectivity index (χ0) is 9.52. The van der Waals surface area contributed by atoms with Crippen LogP contribution in [0.1, 0.15) is 25.3 Å². The van der Waals surface area contributed by atoms with Crippen molar-refractivity contribution in [1.29, 1.82) is 0 Å². The molecule has 0 N–H and O–H groups in total. The van der Waals surface area contributed by atoms with Crippen LogP contribution in [0.3, 0.4) is 0 Å². The summed E-state index contributed by atoms with van der Waals surface area (Å²) in [5, 5.41) is 0. The summed E-state index contributed by atoms with van der Waals surface area (Å²) in [7, 11) is 0. The summed E-state index contributed by atoms with van der Waals surface area (Å²) in [6.07, 6.45) is 3.14. The van der Waals surface area contributed by atoms with Gasteiger partial charge in [0.15, 0.2) is 0 Å². The molecular formula is C12H17O. The molecule has 0 aliphatic heterocycles. The first-order valence-electron chi connectivity index (χ1n) is 4.87. The van der Waals surface area contributed by atoms with Crippen molar-refractivity contribution in [3.05, 3.63) is 36.8 Å². The molecule has 0 aliphatic carbocycles. The first-order valence-corrected chi connectivity index (χ1v) is 4.87. The first-order chi connectivity index (χ1) is 6.36. The van der Waals surface area contributed by atoms with Gasteiger partial charge in [-0.15, -0.1) is 0 Å². The van der Waals surface area contributed by atoms with Gasteiger partial charge in [-0.05, 0) is 37.5 Å². The largest absolute Gasteiger partial charge is 0.494 e. The van der Waals surface area contributed by atoms with Crippen molar-refractivity contribution in [2.45, 2.75) is 26.2 Å². The second-order valence-corrected chi connectivity index (χ2v) is 3.10. The van der Waals surface area contributed by atoms with Crippen LogP contribution in [0, 0.1) is 6.92 Å². The van der Waals surface area contributed by atoms with Crippen molar-refractivity contribution in [1.82, 2.24) is 0 Å². The standard InChI is InChI=1S/C12H17O/c1-3-5-10-13-12-8-6-11(4-2)7-9-12/h6-9H,2-5,10H2,1H3. The van der Waals surface area contributed by atoms with Crippen LogP contribution in [0.2, 0.25) is 0 Å². The van der Waals surface area contributed by atoms with E-state index in [4.69, 9.17) is 4.74 Å². The van der Waals surface area contributed by atoms with Crippen molar-refractivity contribution in [3.8, 4) is 5.75 Å². The average molecular weight is 177 g/mol. The quantitative estimate of drug-likeness (QED) is 0.627. The van der Waals surface area contributed by atoms with Crippen LogP contribution >= 0.6 is 0 Å². The Morgan fingerprint density at radius 3 is 2.46 bits per heavy atom. The molecule has 13 heavy (non-hydrogen) atoms. The van der Waals surface area contributed by atoms with Crippen molar-refractivity contribution < 1.29 is 4.74 Å². The fourth-order valence-electron chi connectivity index (χ4n) is 1.09. The van der Waals surface area contributed by atoms with Crippen LogP contribution in [-0.2, 0) is 6.42 Å². The van der Waals surface area contributed by atoms with Gasteiger partial charge in [-0.25, -0.2) is 0 Å². The summed E-state index contributed by atoms with van der Waals surface area (Å²) >= 11 is 0. The van der Waals surface area contributed by atoms with E-state index < -0.39 is 0 Å². The maximum atomic E-state index is 5.53. The van der Waals surface area contributed by atoms with Gasteiger partial charge in [0.1, 0.15) is 5.75 Å². The lowest BCUT2D eigenvalue weighted by atomic mass is 10.2. The van der Waals surface area contributed by atoms with Gasteiger partial charge in [-0.1, -0.05) is 25.5 Å². The Morgan fingerprint density at radius 1 is 1.23 bits per heavy atom. The molecule has 0 bridgehead atoms. The Labute approximate surface area is 80.7 Å². The normalized spacial score (nSPS) is 10.0. The minimum Gasteiger partial charge on any atom is -0.494 e. The predicted molar refractivity (Wildman–Crippen MR) is 55.9 cm³/mol. The van der Waals surface area contributed by atoms with E-state index in [0.29, 0.717) is 0 Å². The number of unbranched alkanes of at least 4 members (excludes halogenated alkanes) is 1. The number of hydrogen-bond donors (Lipinski definition) is 0. The van der Waals surface area contributed by atoms with Gasteiger partial charge in [0.2, 0.25) is 0 Å². The third kappa shape index (κ3) is 3.49. The number of rotatable bonds is 5. The van der Waals surface area contributed by atoms with Crippen molar-refractivity contribution in [2.24, 2.45) is 0 Å². The molecule has 0 aliphatic rings. The number of benzene rings is 1. The monoisotopic (exact) mass is 177 g/mol. The average Bonchev–Trinajstić information content (AvgIpc) is 2.19. The van der Waals surface area contributed by atoms with Gasteiger partial charge in [0.25, 0.3) is 0 Å². The third-order valence-electron chi connectivity index (χ3n) is 1.98. The van der Waals surface area contributed by atoms with E-state index in [9.17, 15) is 0 Å². The van der Waals surface area contributed by atoms with Crippen LogP contribution in [0.15, 0.2) is 24.3 Å². The maximum Gasteiger partial charge on any atom is 0.119 e. The molecular weight excluding hydrogens is 160 g/mol. The minimum atomic E-state index is 0.820. The summed E-state index contributed by atoms with van der Waals surface area (Å²) < 4.78 is 5.53. The maximum absolute atomic E-state index is 5.53. The lowest BCUT2D eigenvalue weighted by Crippen LogP contribution is -1.96. The van der Waals surface area contributed by atoms with Crippen LogP contribution < -0.4 is 4.74 Å². The van der Waals surface area contributed by atoms with Crippen molar-refractivity contribution in [3.63, 3.8) is 0 Å². The Kier molecular flexibility index (Phi) is 4.37. The van der Waals surface area contributed by atoms with E-state index in [1.165, 1.54) is 12.0 Å². The lowest BCUT2D eigenvalue weighted by molar-refractivity contribution is 0.309. The van der Waals surface area contributed by atoms with Gasteiger partial charge in [-0.3, -0.25) is 0 Å². The van der Waals surface area contributed by atoms with Crippen LogP contribution in [0.4, 0.5) is 0 Å². The van der Waals surface area contributed by atoms with Gasteiger partial charge >= 0.3 is 0 Å². The Hall–Kier alpha value is -0.980. The highest BCUT2D eigenvalue weighted by Crippen LogP contribution is 2.12. The van der Waals surface area contributed by atoms with E-state index in [1.807, 2.05) is 12.1 Å². The van der Waals surface area contributed by atoms with Gasteiger partial charge in [0.05, 0.1) is 6.61 Å². The highest BCUT2D eigenvalue weighted by molar-refractivity contribution is 5.27. The highest BCUT2D eigenvalue weighted by Gasteiger charge is 1.92. The molecule has 1 heteroatoms. The van der Waals surface area contributed by atoms with Gasteiger partial charge in [0, 0.05) is 0 Å². The van der Waals surface area contributed by atoms with E-state index in [2.05, 4.69) is 26.0 Å². The van der Waals surface area contributed by atoms with Crippen LogP contribution in [0.5, 0.6) is 5.75 Å². The van der Waals surface area contributed by atoms with E-state index in [0.717, 1.165) is 25.2 Å². The molecule has 1 rings (SSSR count). The molecule has 0 saturated heterocycles. The molecule has 1 radical (unpaired) electrons. The lowest BCUT2D eigenvalue weighted by Gasteiger charge is -2.05. The Bertz CT molecular complexity index is 225. The van der Waals surface area contributed by atoms with Gasteiger partial charge in [-0.2, -0.15) is 0 Å². The second kappa shape index (κ2) is 5.63. The highest BCUT2D eigenvalue weighted by atomic mass is 16.5. The van der Waals surface area contributed by atoms with Gasteiger partial charge < -0.3 is 4.74 Å². The smallest absolute Gasteiger partial charge is 0.119 e. The van der Waals surface area contributed by atoms with E-state index >= 15 is 0 Å². The topological polar surface area (TPSA) is 9.23 Å². The fraction of sp³-hybridized carbons (Fsp3) is 0.417. The summed E-state index contributed by atoms with van der Waals surface area (Å²) in [6.45, 7) is 6.80. The molecule has 0 spiro atoms. The van der Waals surface area contributed by atoms with Crippen molar-refractivity contribution >= 4 is 0 Å². The van der Waals surface area contributed by atoms with Crippen molar-refractivity contribution in [2.75, 3.05) is 6.61 Å². The fourth-order valence-corrected chi connectivity index (χ4v) is 1.09. The summed E-state index contributed by atoms with van der Waals surface area (Å²) in [6, 6.07) is 8.15. The SMILES string of the molecule is [CH2]Cc1ccc(OCCCC)cc1. The molecule has 71 valence electrons. The number of hydrogen-bond acceptors (Lipinski definition) is 1. The molecule has 0 heterocycles. The molecule has 0 atom stereocenters. The first kappa shape index (κ1) is 10.1. The minimum absolute atomic E-state index is 0.820. The Morgan fingerprint density at radius 2 is 1.92 bits per heavy atom. The van der Waals surface area contributed by atoms with E-state index in [1.54, 1.807) is 0 Å². The third-order valence-corrected chi connectivity index (χ3v) is 1.98. The predicted octanol–water partition coefficient (Wildman–Crippen LogP) is 3.24. The summed E-state index contributed by atoms with van der Waals surface area (Å²) in [5.41, 5.74) is 1.25. The zero-order valence-corrected chi connectivity index (χ0v) is 8.25. The second-order valence-electron chi connectivity index (χ2n) is 3.10. The van der Waals surface area contributed by atoms with Crippen LogP contribution in [0.25, 0.3) is 0 Å². The summed E-state index contributed by atoms with van der Waals surface area (Å²) in [4.78, 5) is 0.